The molecule has 0 bridgehead atoms. The van der Waals surface area contributed by atoms with Crippen LogP contribution in [0.5, 0.6) is 0 Å². The molecule has 0 aliphatic carbocycles. The molecule has 3 aromatic carbocycles. The van der Waals surface area contributed by atoms with Gasteiger partial charge in [-0.3, -0.25) is 0 Å². The quantitative estimate of drug-likeness (QED) is 0.250. The van der Waals surface area contributed by atoms with Gasteiger partial charge in [-0.1, -0.05) is 83.5 Å². The molecule has 0 saturated heterocycles. The summed E-state index contributed by atoms with van der Waals surface area (Å²) in [6.45, 7) is 20.2. The lowest BCUT2D eigenvalue weighted by Crippen LogP contribution is -2.14. The van der Waals surface area contributed by atoms with Crippen molar-refractivity contribution < 1.29 is 4.42 Å². The molecule has 198 valence electrons. The Morgan fingerprint density at radius 2 is 1.49 bits per heavy atom. The van der Waals surface area contributed by atoms with Crippen LogP contribution in [0.2, 0.25) is 0 Å². The highest BCUT2D eigenvalue weighted by atomic mass is 16.3. The second kappa shape index (κ2) is 8.58. The maximum atomic E-state index is 6.40. The molecule has 3 nitrogen and oxygen atoms in total. The van der Waals surface area contributed by atoms with E-state index in [1.54, 1.807) is 0 Å². The van der Waals surface area contributed by atoms with Gasteiger partial charge in [-0.15, -0.1) is 0 Å². The van der Waals surface area contributed by atoms with Gasteiger partial charge < -0.3 is 9.40 Å². The van der Waals surface area contributed by atoms with Gasteiger partial charge in [-0.2, -0.15) is 0 Å². The van der Waals surface area contributed by atoms with Crippen LogP contribution in [0, 0.1) is 20.8 Å². The molecule has 1 aliphatic rings. The van der Waals surface area contributed by atoms with Crippen molar-refractivity contribution in [2.24, 2.45) is 4.99 Å². The van der Waals surface area contributed by atoms with Crippen LogP contribution in [-0.2, 0) is 10.8 Å². The highest BCUT2D eigenvalue weighted by molar-refractivity contribution is 6.23. The van der Waals surface area contributed by atoms with Crippen molar-refractivity contribution >= 4 is 39.6 Å². The van der Waals surface area contributed by atoms with Crippen molar-refractivity contribution in [3.8, 4) is 0 Å². The van der Waals surface area contributed by atoms with Gasteiger partial charge in [0, 0.05) is 33.3 Å². The Balaban J connectivity index is 1.59. The van der Waals surface area contributed by atoms with Gasteiger partial charge in [0.1, 0.15) is 5.58 Å². The summed E-state index contributed by atoms with van der Waals surface area (Å²) in [7, 11) is 0. The van der Waals surface area contributed by atoms with E-state index in [1.807, 2.05) is 12.1 Å². The fraction of sp³-hybridized carbons (Fsp3) is 0.306. The summed E-state index contributed by atoms with van der Waals surface area (Å²) in [5.74, 6) is 0. The maximum Gasteiger partial charge on any atom is 0.157 e. The van der Waals surface area contributed by atoms with Crippen LogP contribution >= 0.6 is 0 Å². The normalized spacial score (nSPS) is 15.0. The van der Waals surface area contributed by atoms with E-state index in [-0.39, 0.29) is 10.8 Å². The summed E-state index contributed by atoms with van der Waals surface area (Å²) in [6, 6.07) is 19.6. The molecular formula is C36H38N2O. The first kappa shape index (κ1) is 25.4. The molecule has 0 saturated carbocycles. The zero-order valence-electron chi connectivity index (χ0n) is 24.6. The standard InChI is InChI=1S/C36H38N2O/c1-20-14-15-24-26(16-20)32(30-21(2)17-23(18-22(30)3)35(4,5)6)37-27(24)19-28-31(36(7,8)9)34-33(38-28)25-12-10-11-13-29(25)39-34/h10-19,38H,1-9H3. The van der Waals surface area contributed by atoms with E-state index in [2.05, 4.69) is 116 Å². The Bertz CT molecular complexity index is 1820. The minimum absolute atomic E-state index is 0.100. The molecule has 5 aromatic rings. The Labute approximate surface area is 231 Å². The summed E-state index contributed by atoms with van der Waals surface area (Å²) >= 11 is 0. The highest BCUT2D eigenvalue weighted by Gasteiger charge is 2.29. The van der Waals surface area contributed by atoms with Crippen molar-refractivity contribution in [2.45, 2.75) is 73.1 Å². The molecule has 0 unspecified atom stereocenters. The summed E-state index contributed by atoms with van der Waals surface area (Å²) in [6.07, 6.45) is 2.22. The number of hydrogen-bond donors (Lipinski definition) is 1. The first-order chi connectivity index (χ1) is 18.3. The van der Waals surface area contributed by atoms with Crippen LogP contribution in [0.4, 0.5) is 0 Å². The van der Waals surface area contributed by atoms with Crippen LogP contribution in [0.1, 0.15) is 91.7 Å². The van der Waals surface area contributed by atoms with Crippen LogP contribution in [-0.4, -0.2) is 10.7 Å². The van der Waals surface area contributed by atoms with Gasteiger partial charge in [-0.25, -0.2) is 4.99 Å². The number of benzene rings is 3. The van der Waals surface area contributed by atoms with Crippen molar-refractivity contribution in [2.75, 3.05) is 0 Å². The summed E-state index contributed by atoms with van der Waals surface area (Å²) in [5.41, 5.74) is 15.9. The summed E-state index contributed by atoms with van der Waals surface area (Å²) < 4.78 is 6.40. The molecule has 0 fully saturated rings. The number of aryl methyl sites for hydroxylation is 3. The molecule has 0 spiro atoms. The van der Waals surface area contributed by atoms with E-state index in [9.17, 15) is 0 Å². The minimum atomic E-state index is -0.115. The van der Waals surface area contributed by atoms with Gasteiger partial charge >= 0.3 is 0 Å². The molecule has 0 atom stereocenters. The summed E-state index contributed by atoms with van der Waals surface area (Å²) in [5, 5.41) is 1.11. The monoisotopic (exact) mass is 514 g/mol. The van der Waals surface area contributed by atoms with Crippen molar-refractivity contribution in [3.63, 3.8) is 0 Å². The molecular weight excluding hydrogens is 476 g/mol. The number of para-hydroxylation sites is 1. The topological polar surface area (TPSA) is 41.3 Å². The van der Waals surface area contributed by atoms with Gasteiger partial charge in [0.05, 0.1) is 16.9 Å². The van der Waals surface area contributed by atoms with E-state index >= 15 is 0 Å². The van der Waals surface area contributed by atoms with Crippen LogP contribution < -0.4 is 0 Å². The van der Waals surface area contributed by atoms with Crippen molar-refractivity contribution in [1.29, 1.82) is 0 Å². The maximum absolute atomic E-state index is 6.40. The third kappa shape index (κ3) is 4.16. The molecule has 0 amide bonds. The lowest BCUT2D eigenvalue weighted by atomic mass is 9.82. The predicted molar refractivity (Wildman–Crippen MR) is 166 cm³/mol. The number of furan rings is 1. The molecule has 1 N–H and O–H groups in total. The molecule has 6 rings (SSSR count). The number of fused-ring (bicyclic) bond motifs is 4. The molecule has 3 heteroatoms. The Morgan fingerprint density at radius 1 is 0.795 bits per heavy atom. The second-order valence-electron chi connectivity index (χ2n) is 13.2. The van der Waals surface area contributed by atoms with E-state index in [0.29, 0.717) is 0 Å². The zero-order chi connectivity index (χ0) is 27.9. The van der Waals surface area contributed by atoms with Crippen LogP contribution in [0.25, 0.3) is 33.8 Å². The Kier molecular flexibility index (Phi) is 5.59. The van der Waals surface area contributed by atoms with Crippen molar-refractivity contribution in [3.05, 3.63) is 105 Å². The number of rotatable bonds is 2. The number of aromatic amines is 1. The summed E-state index contributed by atoms with van der Waals surface area (Å²) in [4.78, 5) is 9.07. The molecule has 0 radical (unpaired) electrons. The smallest absolute Gasteiger partial charge is 0.157 e. The van der Waals surface area contributed by atoms with E-state index in [1.165, 1.54) is 44.5 Å². The number of nitrogens with zero attached hydrogens (tertiary/aromatic N) is 1. The first-order valence-corrected chi connectivity index (χ1v) is 13.9. The third-order valence-corrected chi connectivity index (χ3v) is 7.96. The largest absolute Gasteiger partial charge is 0.454 e. The number of hydrogen-bond acceptors (Lipinski definition) is 2. The minimum Gasteiger partial charge on any atom is -0.454 e. The average molecular weight is 515 g/mol. The Morgan fingerprint density at radius 3 is 2.15 bits per heavy atom. The Hall–Kier alpha value is -3.85. The highest BCUT2D eigenvalue weighted by Crippen LogP contribution is 2.42. The molecule has 1 aliphatic heterocycles. The molecule has 39 heavy (non-hydrogen) atoms. The van der Waals surface area contributed by atoms with Gasteiger partial charge in [-0.05, 0) is 72.6 Å². The number of nitrogens with one attached hydrogen (secondary N) is 1. The van der Waals surface area contributed by atoms with Gasteiger partial charge in [0.2, 0.25) is 0 Å². The average Bonchev–Trinajstić information content (AvgIpc) is 3.47. The zero-order valence-corrected chi connectivity index (χ0v) is 24.6. The van der Waals surface area contributed by atoms with Gasteiger partial charge in [0.15, 0.2) is 5.58 Å². The lowest BCUT2D eigenvalue weighted by Gasteiger charge is -2.22. The van der Waals surface area contributed by atoms with Crippen molar-refractivity contribution in [1.82, 2.24) is 4.98 Å². The fourth-order valence-corrected chi connectivity index (χ4v) is 6.04. The second-order valence-corrected chi connectivity index (χ2v) is 13.2. The first-order valence-electron chi connectivity index (χ1n) is 13.9. The molecule has 2 aromatic heterocycles. The predicted octanol–water partition coefficient (Wildman–Crippen LogP) is 9.78. The van der Waals surface area contributed by atoms with E-state index < -0.39 is 0 Å². The van der Waals surface area contributed by atoms with Crippen LogP contribution in [0.15, 0.2) is 64.0 Å². The number of H-pyrrole nitrogens is 1. The fourth-order valence-electron chi connectivity index (χ4n) is 6.04. The van der Waals surface area contributed by atoms with E-state index in [0.717, 1.165) is 39.2 Å². The molecule has 3 heterocycles. The SMILES string of the molecule is Cc1ccc2c(c1)C(c1c(C)cc(C(C)(C)C)cc1C)=NC2=Cc1[nH]c2c(oc3ccccc32)c1C(C)(C)C. The van der Waals surface area contributed by atoms with Gasteiger partial charge in [0.25, 0.3) is 0 Å². The number of aromatic nitrogens is 1. The number of aliphatic imine (C=N–C) groups is 1. The lowest BCUT2D eigenvalue weighted by molar-refractivity contribution is 0.573. The van der Waals surface area contributed by atoms with Crippen LogP contribution in [0.3, 0.4) is 0 Å². The third-order valence-electron chi connectivity index (χ3n) is 7.96. The van der Waals surface area contributed by atoms with E-state index in [4.69, 9.17) is 9.41 Å².